The number of carbonyl (C=O) groups excluding carboxylic acids is 5. The van der Waals surface area contributed by atoms with Gasteiger partial charge in [-0.2, -0.15) is 0 Å². The first-order valence-corrected chi connectivity index (χ1v) is 18.1. The maximum Gasteiger partial charge on any atom is 0.307 e. The third-order valence-electron chi connectivity index (χ3n) is 8.82. The van der Waals surface area contributed by atoms with E-state index in [-0.39, 0.29) is 48.6 Å². The predicted octanol–water partition coefficient (Wildman–Crippen LogP) is 6.21. The van der Waals surface area contributed by atoms with Crippen molar-refractivity contribution in [3.05, 3.63) is 71.8 Å². The molecule has 0 radical (unpaired) electrons. The highest BCUT2D eigenvalue weighted by Gasteiger charge is 2.50. The Kier molecular flexibility index (Phi) is 14.9. The van der Waals surface area contributed by atoms with Gasteiger partial charge in [0.15, 0.2) is 11.6 Å². The van der Waals surface area contributed by atoms with Crippen LogP contribution in [0.15, 0.2) is 60.7 Å². The maximum atomic E-state index is 14.1. The van der Waals surface area contributed by atoms with Crippen molar-refractivity contribution in [3.63, 3.8) is 0 Å². The van der Waals surface area contributed by atoms with E-state index < -0.39 is 47.0 Å². The van der Waals surface area contributed by atoms with Crippen LogP contribution in [0.25, 0.3) is 0 Å². The lowest BCUT2D eigenvalue weighted by Crippen LogP contribution is -2.50. The topological polar surface area (TPSA) is 131 Å². The SMILES string of the molecule is CC(C)C[C@H](NC(=O)[C@@H](CC(=O)[C@@H](CC(C)C)NC(=O)[C@H](CCc1ccccc1)CC(=O)OC(C)(C)C)Cc1ccccc1)C(=O)[C@@]1(C)CO1. The fourth-order valence-electron chi connectivity index (χ4n) is 6.08. The molecule has 0 bridgehead atoms. The van der Waals surface area contributed by atoms with Gasteiger partial charge in [-0.05, 0) is 82.8 Å². The van der Waals surface area contributed by atoms with E-state index >= 15 is 0 Å². The lowest BCUT2D eigenvalue weighted by molar-refractivity contribution is -0.157. The third kappa shape index (κ3) is 13.8. The predicted molar refractivity (Wildman–Crippen MR) is 194 cm³/mol. The van der Waals surface area contributed by atoms with E-state index in [0.29, 0.717) is 32.3 Å². The monoisotopic (exact) mass is 690 g/mol. The van der Waals surface area contributed by atoms with Gasteiger partial charge in [0.1, 0.15) is 11.2 Å². The van der Waals surface area contributed by atoms with Crippen LogP contribution in [-0.2, 0) is 46.3 Å². The highest BCUT2D eigenvalue weighted by Crippen LogP contribution is 2.30. The van der Waals surface area contributed by atoms with Gasteiger partial charge in [0.2, 0.25) is 11.8 Å². The summed E-state index contributed by atoms with van der Waals surface area (Å²) in [5.41, 5.74) is 0.313. The number of nitrogens with one attached hydrogen (secondary N) is 2. The number of ketones is 2. The minimum absolute atomic E-state index is 0.0617. The Labute approximate surface area is 298 Å². The molecule has 0 aromatic heterocycles. The highest BCUT2D eigenvalue weighted by molar-refractivity contribution is 5.98. The molecule has 0 aliphatic carbocycles. The molecule has 1 fully saturated rings. The fourth-order valence-corrected chi connectivity index (χ4v) is 6.08. The molecule has 1 aliphatic heterocycles. The molecule has 274 valence electrons. The first kappa shape index (κ1) is 40.6. The second kappa shape index (κ2) is 18.4. The number of hydrogen-bond acceptors (Lipinski definition) is 7. The molecule has 9 heteroatoms. The largest absolute Gasteiger partial charge is 0.460 e. The van der Waals surface area contributed by atoms with Crippen LogP contribution in [0.3, 0.4) is 0 Å². The van der Waals surface area contributed by atoms with Crippen LogP contribution in [0.5, 0.6) is 0 Å². The van der Waals surface area contributed by atoms with Gasteiger partial charge in [0.05, 0.1) is 25.1 Å². The molecule has 0 spiro atoms. The van der Waals surface area contributed by atoms with Crippen LogP contribution in [-0.4, -0.2) is 59.2 Å². The van der Waals surface area contributed by atoms with Crippen molar-refractivity contribution in [2.45, 2.75) is 124 Å². The maximum absolute atomic E-state index is 14.1. The van der Waals surface area contributed by atoms with Crippen molar-refractivity contribution in [1.82, 2.24) is 10.6 Å². The smallest absolute Gasteiger partial charge is 0.307 e. The fraction of sp³-hybridized carbons (Fsp3) is 0.585. The number of esters is 1. The van der Waals surface area contributed by atoms with Crippen molar-refractivity contribution >= 4 is 29.4 Å². The van der Waals surface area contributed by atoms with E-state index in [2.05, 4.69) is 10.6 Å². The number of ether oxygens (including phenoxy) is 2. The molecule has 2 aromatic carbocycles. The van der Waals surface area contributed by atoms with E-state index in [4.69, 9.17) is 9.47 Å². The molecule has 9 nitrogen and oxygen atoms in total. The average molecular weight is 691 g/mol. The van der Waals surface area contributed by atoms with Crippen LogP contribution in [0.1, 0.15) is 98.6 Å². The second-order valence-corrected chi connectivity index (χ2v) is 15.8. The Morgan fingerprint density at radius 3 is 1.78 bits per heavy atom. The van der Waals surface area contributed by atoms with Crippen LogP contribution < -0.4 is 10.6 Å². The third-order valence-corrected chi connectivity index (χ3v) is 8.82. The Morgan fingerprint density at radius 2 is 1.26 bits per heavy atom. The van der Waals surface area contributed by atoms with E-state index in [1.165, 1.54) is 0 Å². The summed E-state index contributed by atoms with van der Waals surface area (Å²) in [7, 11) is 0. The zero-order valence-corrected chi connectivity index (χ0v) is 31.3. The van der Waals surface area contributed by atoms with E-state index in [9.17, 15) is 24.0 Å². The molecule has 2 aromatic rings. The summed E-state index contributed by atoms with van der Waals surface area (Å²) in [4.78, 5) is 68.2. The summed E-state index contributed by atoms with van der Waals surface area (Å²) < 4.78 is 11.0. The lowest BCUT2D eigenvalue weighted by Gasteiger charge is -2.27. The number of aryl methyl sites for hydroxylation is 1. The molecule has 0 unspecified atom stereocenters. The number of hydrogen-bond donors (Lipinski definition) is 2. The lowest BCUT2D eigenvalue weighted by atomic mass is 9.87. The van der Waals surface area contributed by atoms with Gasteiger partial charge in [0.25, 0.3) is 0 Å². The Balaban J connectivity index is 1.83. The van der Waals surface area contributed by atoms with E-state index in [0.717, 1.165) is 11.1 Å². The van der Waals surface area contributed by atoms with Gasteiger partial charge in [-0.3, -0.25) is 24.0 Å². The van der Waals surface area contributed by atoms with Crippen LogP contribution in [0.2, 0.25) is 0 Å². The molecule has 3 rings (SSSR count). The molecule has 1 aliphatic rings. The average Bonchev–Trinajstić information content (AvgIpc) is 3.79. The van der Waals surface area contributed by atoms with Crippen LogP contribution >= 0.6 is 0 Å². The number of benzene rings is 2. The quantitative estimate of drug-likeness (QED) is 0.125. The van der Waals surface area contributed by atoms with Gasteiger partial charge in [-0.1, -0.05) is 88.4 Å². The Bertz CT molecular complexity index is 1430. The minimum Gasteiger partial charge on any atom is -0.460 e. The van der Waals surface area contributed by atoms with E-state index in [1.54, 1.807) is 27.7 Å². The van der Waals surface area contributed by atoms with Crippen molar-refractivity contribution < 1.29 is 33.4 Å². The van der Waals surface area contributed by atoms with Gasteiger partial charge in [-0.25, -0.2) is 0 Å². The van der Waals surface area contributed by atoms with Gasteiger partial charge >= 0.3 is 5.97 Å². The second-order valence-electron chi connectivity index (χ2n) is 15.8. The number of Topliss-reactive ketones (excluding diaryl/α,β-unsaturated/α-hetero) is 2. The number of rotatable bonds is 20. The summed E-state index contributed by atoms with van der Waals surface area (Å²) >= 11 is 0. The van der Waals surface area contributed by atoms with Gasteiger partial charge in [0, 0.05) is 18.3 Å². The molecule has 2 amide bonds. The summed E-state index contributed by atoms with van der Waals surface area (Å²) in [5, 5.41) is 5.95. The Hall–Kier alpha value is -3.85. The summed E-state index contributed by atoms with van der Waals surface area (Å²) in [6.45, 7) is 15.3. The zero-order valence-electron chi connectivity index (χ0n) is 31.3. The molecule has 2 N–H and O–H groups in total. The normalized spacial score (nSPS) is 18.1. The summed E-state index contributed by atoms with van der Waals surface area (Å²) in [5.74, 6) is -2.98. The van der Waals surface area contributed by atoms with Crippen LogP contribution in [0, 0.1) is 23.7 Å². The molecule has 50 heavy (non-hydrogen) atoms. The molecule has 1 saturated heterocycles. The zero-order chi connectivity index (χ0) is 37.1. The van der Waals surface area contributed by atoms with Crippen molar-refractivity contribution in [3.8, 4) is 0 Å². The number of epoxide rings is 1. The van der Waals surface area contributed by atoms with Crippen molar-refractivity contribution in [2.75, 3.05) is 6.61 Å². The summed E-state index contributed by atoms with van der Waals surface area (Å²) in [6.07, 6.45) is 1.82. The molecule has 0 saturated carbocycles. The van der Waals surface area contributed by atoms with Gasteiger partial charge < -0.3 is 20.1 Å². The first-order chi connectivity index (χ1) is 23.5. The molecule has 1 heterocycles. The van der Waals surface area contributed by atoms with Gasteiger partial charge in [-0.15, -0.1) is 0 Å². The van der Waals surface area contributed by atoms with Crippen molar-refractivity contribution in [1.29, 1.82) is 0 Å². The molecule has 5 atom stereocenters. The van der Waals surface area contributed by atoms with Crippen molar-refractivity contribution in [2.24, 2.45) is 23.7 Å². The highest BCUT2D eigenvalue weighted by atomic mass is 16.6. The number of carbonyl (C=O) groups is 5. The molecular weight excluding hydrogens is 632 g/mol. The standard InChI is InChI=1S/C41H58N2O7/c1-27(2)21-33(42-38(47)31(25-36(45)50-40(5,6)7)20-19-29-15-11-9-12-16-29)35(44)24-32(23-30-17-13-10-14-18-30)39(48)43-34(22-28(3)4)37(46)41(8)26-49-41/h9-18,27-28,31-34H,19-26H2,1-8H3,(H,42,47)(H,43,48)/t31-,32-,33-,34+,41-/m1/s1. The van der Waals surface area contributed by atoms with Crippen LogP contribution in [0.4, 0.5) is 0 Å². The minimum atomic E-state index is -0.902. The Morgan fingerprint density at radius 1 is 0.760 bits per heavy atom. The number of amides is 2. The summed E-state index contributed by atoms with van der Waals surface area (Å²) in [6, 6.07) is 17.6. The first-order valence-electron chi connectivity index (χ1n) is 18.1. The van der Waals surface area contributed by atoms with E-state index in [1.807, 2.05) is 88.4 Å². The molecular formula is C41H58N2O7.